The summed E-state index contributed by atoms with van der Waals surface area (Å²) in [4.78, 5) is 10.7. The molecule has 3 rings (SSSR count). The minimum atomic E-state index is 0.461. The smallest absolute Gasteiger partial charge is 0.136 e. The lowest BCUT2D eigenvalue weighted by atomic mass is 9.99. The molecule has 1 aromatic heterocycles. The number of benzene rings is 1. The van der Waals surface area contributed by atoms with Gasteiger partial charge in [-0.3, -0.25) is 0 Å². The van der Waals surface area contributed by atoms with E-state index >= 15 is 0 Å². The lowest BCUT2D eigenvalue weighted by Gasteiger charge is -2.19. The van der Waals surface area contributed by atoms with E-state index in [4.69, 9.17) is 11.6 Å². The fraction of sp³-hybridized carbons (Fsp3) is 0.333. The Hall–Kier alpha value is -1.61. The average Bonchev–Trinajstić information content (AvgIpc) is 2.98. The van der Waals surface area contributed by atoms with Crippen LogP contribution in [0.2, 0.25) is 0 Å². The summed E-state index contributed by atoms with van der Waals surface area (Å²) in [6, 6.07) is 10.7. The van der Waals surface area contributed by atoms with E-state index in [0.29, 0.717) is 11.8 Å². The Morgan fingerprint density at radius 3 is 2.89 bits per heavy atom. The monoisotopic (exact) mass is 273 g/mol. The number of halogens is 1. The quantitative estimate of drug-likeness (QED) is 0.804. The summed E-state index contributed by atoms with van der Waals surface area (Å²) >= 11 is 5.96. The van der Waals surface area contributed by atoms with Crippen LogP contribution in [-0.2, 0) is 5.88 Å². The molecule has 1 atom stereocenters. The Bertz CT molecular complexity index is 544. The molecule has 0 radical (unpaired) electrons. The van der Waals surface area contributed by atoms with Gasteiger partial charge in [-0.2, -0.15) is 0 Å². The van der Waals surface area contributed by atoms with E-state index in [1.54, 1.807) is 6.33 Å². The Balaban J connectivity index is 1.79. The zero-order valence-electron chi connectivity index (χ0n) is 10.7. The largest absolute Gasteiger partial charge is 0.356 e. The third-order valence-corrected chi connectivity index (χ3v) is 3.95. The lowest BCUT2D eigenvalue weighted by molar-refractivity contribution is 0.773. The SMILES string of the molecule is ClCc1cncnc1N1CCC(c2ccccc2)C1. The van der Waals surface area contributed by atoms with Crippen LogP contribution in [-0.4, -0.2) is 23.1 Å². The zero-order valence-corrected chi connectivity index (χ0v) is 11.4. The van der Waals surface area contributed by atoms with E-state index in [-0.39, 0.29) is 0 Å². The molecule has 4 heteroatoms. The summed E-state index contributed by atoms with van der Waals surface area (Å²) in [6.07, 6.45) is 4.57. The second kappa shape index (κ2) is 5.57. The molecule has 0 amide bonds. The fourth-order valence-electron chi connectivity index (χ4n) is 2.68. The van der Waals surface area contributed by atoms with Gasteiger partial charge in [0, 0.05) is 30.8 Å². The van der Waals surface area contributed by atoms with Crippen LogP contribution in [0.3, 0.4) is 0 Å². The second-order valence-electron chi connectivity index (χ2n) is 4.85. The third kappa shape index (κ3) is 2.56. The van der Waals surface area contributed by atoms with Crippen molar-refractivity contribution in [2.45, 2.75) is 18.2 Å². The summed E-state index contributed by atoms with van der Waals surface area (Å²) in [7, 11) is 0. The first kappa shape index (κ1) is 12.4. The standard InChI is InChI=1S/C15H16ClN3/c16-8-14-9-17-11-18-15(14)19-7-6-13(10-19)12-4-2-1-3-5-12/h1-5,9,11,13H,6-8,10H2. The van der Waals surface area contributed by atoms with Gasteiger partial charge in [0.05, 0.1) is 5.88 Å². The maximum Gasteiger partial charge on any atom is 0.136 e. The van der Waals surface area contributed by atoms with Crippen LogP contribution in [0.5, 0.6) is 0 Å². The molecule has 2 heterocycles. The van der Waals surface area contributed by atoms with Crippen molar-refractivity contribution in [2.75, 3.05) is 18.0 Å². The van der Waals surface area contributed by atoms with Crippen LogP contribution in [0.4, 0.5) is 5.82 Å². The van der Waals surface area contributed by atoms with Crippen molar-refractivity contribution >= 4 is 17.4 Å². The summed E-state index contributed by atoms with van der Waals surface area (Å²) in [5, 5.41) is 0. The molecule has 3 nitrogen and oxygen atoms in total. The molecule has 0 N–H and O–H groups in total. The number of hydrogen-bond acceptors (Lipinski definition) is 3. The molecule has 98 valence electrons. The number of alkyl halides is 1. The van der Waals surface area contributed by atoms with Gasteiger partial charge in [0.15, 0.2) is 0 Å². The topological polar surface area (TPSA) is 29.0 Å². The van der Waals surface area contributed by atoms with Gasteiger partial charge >= 0.3 is 0 Å². The molecule has 1 aliphatic rings. The first-order valence-corrected chi connectivity index (χ1v) is 7.06. The highest BCUT2D eigenvalue weighted by atomic mass is 35.5. The number of rotatable bonds is 3. The van der Waals surface area contributed by atoms with Gasteiger partial charge in [-0.15, -0.1) is 11.6 Å². The summed E-state index contributed by atoms with van der Waals surface area (Å²) in [6.45, 7) is 2.03. The van der Waals surface area contributed by atoms with Gasteiger partial charge in [0.2, 0.25) is 0 Å². The van der Waals surface area contributed by atoms with Crippen molar-refractivity contribution in [3.63, 3.8) is 0 Å². The molecule has 1 saturated heterocycles. The molecule has 0 bridgehead atoms. The Morgan fingerprint density at radius 2 is 2.11 bits per heavy atom. The van der Waals surface area contributed by atoms with Crippen LogP contribution in [0.25, 0.3) is 0 Å². The Kier molecular flexibility index (Phi) is 3.65. The average molecular weight is 274 g/mol. The normalized spacial score (nSPS) is 18.8. The third-order valence-electron chi connectivity index (χ3n) is 3.67. The Labute approximate surface area is 118 Å². The Morgan fingerprint density at radius 1 is 1.26 bits per heavy atom. The van der Waals surface area contributed by atoms with E-state index in [0.717, 1.165) is 30.9 Å². The molecule has 0 saturated carbocycles. The molecule has 1 unspecified atom stereocenters. The molecule has 1 aromatic carbocycles. The van der Waals surface area contributed by atoms with Gasteiger partial charge < -0.3 is 4.90 Å². The van der Waals surface area contributed by atoms with Gasteiger partial charge in [0.1, 0.15) is 12.1 Å². The van der Waals surface area contributed by atoms with Gasteiger partial charge in [-0.05, 0) is 12.0 Å². The summed E-state index contributed by atoms with van der Waals surface area (Å²) in [5.41, 5.74) is 2.42. The predicted octanol–water partition coefficient (Wildman–Crippen LogP) is 3.21. The van der Waals surface area contributed by atoms with E-state index in [2.05, 4.69) is 45.2 Å². The van der Waals surface area contributed by atoms with Crippen molar-refractivity contribution in [2.24, 2.45) is 0 Å². The minimum Gasteiger partial charge on any atom is -0.356 e. The van der Waals surface area contributed by atoms with Crippen LogP contribution >= 0.6 is 11.6 Å². The molecular weight excluding hydrogens is 258 g/mol. The highest BCUT2D eigenvalue weighted by Gasteiger charge is 2.25. The first-order chi connectivity index (χ1) is 9.38. The maximum atomic E-state index is 5.96. The van der Waals surface area contributed by atoms with Crippen molar-refractivity contribution in [3.8, 4) is 0 Å². The van der Waals surface area contributed by atoms with E-state index in [1.165, 1.54) is 5.56 Å². The van der Waals surface area contributed by atoms with Gasteiger partial charge in [-0.25, -0.2) is 9.97 Å². The van der Waals surface area contributed by atoms with Crippen molar-refractivity contribution in [1.82, 2.24) is 9.97 Å². The fourth-order valence-corrected chi connectivity index (χ4v) is 2.87. The van der Waals surface area contributed by atoms with Crippen LogP contribution in [0, 0.1) is 0 Å². The summed E-state index contributed by atoms with van der Waals surface area (Å²) < 4.78 is 0. The lowest BCUT2D eigenvalue weighted by Crippen LogP contribution is -2.21. The minimum absolute atomic E-state index is 0.461. The molecule has 0 aliphatic carbocycles. The predicted molar refractivity (Wildman–Crippen MR) is 77.6 cm³/mol. The van der Waals surface area contributed by atoms with E-state index in [9.17, 15) is 0 Å². The van der Waals surface area contributed by atoms with Gasteiger partial charge in [0.25, 0.3) is 0 Å². The van der Waals surface area contributed by atoms with E-state index in [1.807, 2.05) is 6.20 Å². The second-order valence-corrected chi connectivity index (χ2v) is 5.11. The van der Waals surface area contributed by atoms with Crippen molar-refractivity contribution < 1.29 is 0 Å². The number of aromatic nitrogens is 2. The zero-order chi connectivity index (χ0) is 13.1. The molecule has 0 spiro atoms. The number of nitrogens with zero attached hydrogens (tertiary/aromatic N) is 3. The highest BCUT2D eigenvalue weighted by molar-refractivity contribution is 6.17. The molecule has 1 fully saturated rings. The maximum absolute atomic E-state index is 5.96. The molecule has 1 aliphatic heterocycles. The van der Waals surface area contributed by atoms with Crippen LogP contribution < -0.4 is 4.90 Å². The van der Waals surface area contributed by atoms with Gasteiger partial charge in [-0.1, -0.05) is 30.3 Å². The number of anilines is 1. The number of hydrogen-bond donors (Lipinski definition) is 0. The highest BCUT2D eigenvalue weighted by Crippen LogP contribution is 2.31. The van der Waals surface area contributed by atoms with E-state index < -0.39 is 0 Å². The molecule has 2 aromatic rings. The summed E-state index contributed by atoms with van der Waals surface area (Å²) in [5.74, 6) is 2.03. The van der Waals surface area contributed by atoms with Crippen molar-refractivity contribution in [3.05, 3.63) is 54.0 Å². The molecule has 19 heavy (non-hydrogen) atoms. The molecular formula is C15H16ClN3. The first-order valence-electron chi connectivity index (χ1n) is 6.53. The van der Waals surface area contributed by atoms with Crippen molar-refractivity contribution in [1.29, 1.82) is 0 Å². The van der Waals surface area contributed by atoms with Crippen LogP contribution in [0.15, 0.2) is 42.9 Å². The van der Waals surface area contributed by atoms with Crippen LogP contribution in [0.1, 0.15) is 23.5 Å².